The molecule has 156 valence electrons. The number of benzene rings is 2. The second-order valence-electron chi connectivity index (χ2n) is 7.30. The number of thioether (sulfide) groups is 1. The summed E-state index contributed by atoms with van der Waals surface area (Å²) in [6, 6.07) is 21.9. The lowest BCUT2D eigenvalue weighted by atomic mass is 10.1. The van der Waals surface area contributed by atoms with Crippen molar-refractivity contribution in [2.45, 2.75) is 17.5 Å². The van der Waals surface area contributed by atoms with E-state index in [1.807, 2.05) is 54.6 Å². The summed E-state index contributed by atoms with van der Waals surface area (Å²) >= 11 is 1.63. The van der Waals surface area contributed by atoms with E-state index in [0.29, 0.717) is 12.1 Å². The molecule has 4 aromatic rings. The third kappa shape index (κ3) is 5.00. The molecule has 6 nitrogen and oxygen atoms in total. The quantitative estimate of drug-likeness (QED) is 0.408. The van der Waals surface area contributed by atoms with E-state index >= 15 is 0 Å². The molecule has 0 aliphatic heterocycles. The van der Waals surface area contributed by atoms with Crippen molar-refractivity contribution in [3.8, 4) is 11.4 Å². The topological polar surface area (TPSA) is 63.9 Å². The van der Waals surface area contributed by atoms with Crippen LogP contribution < -0.4 is 0 Å². The number of aromatic nitrogens is 4. The molecule has 0 spiro atoms. The number of amides is 1. The van der Waals surface area contributed by atoms with E-state index in [4.69, 9.17) is 0 Å². The maximum absolute atomic E-state index is 12.1. The van der Waals surface area contributed by atoms with Crippen molar-refractivity contribution in [3.05, 3.63) is 95.8 Å². The molecule has 0 aliphatic rings. The lowest BCUT2D eigenvalue weighted by molar-refractivity contribution is 0.0827. The highest BCUT2D eigenvalue weighted by Crippen LogP contribution is 2.27. The van der Waals surface area contributed by atoms with Crippen molar-refractivity contribution in [1.82, 2.24) is 24.6 Å². The van der Waals surface area contributed by atoms with Gasteiger partial charge in [0, 0.05) is 43.4 Å². The van der Waals surface area contributed by atoms with Gasteiger partial charge in [0.2, 0.25) is 0 Å². The number of carbonyl (C=O) groups excluding carboxylic acids is 1. The highest BCUT2D eigenvalue weighted by atomic mass is 32.2. The fourth-order valence-corrected chi connectivity index (χ4v) is 4.06. The van der Waals surface area contributed by atoms with Crippen LogP contribution in [0.1, 0.15) is 21.5 Å². The van der Waals surface area contributed by atoms with Crippen LogP contribution in [0.5, 0.6) is 0 Å². The van der Waals surface area contributed by atoms with Gasteiger partial charge in [0.05, 0.1) is 6.54 Å². The molecule has 0 bridgehead atoms. The van der Waals surface area contributed by atoms with Crippen LogP contribution in [-0.4, -0.2) is 44.7 Å². The Morgan fingerprint density at radius 3 is 2.29 bits per heavy atom. The first-order valence-electron chi connectivity index (χ1n) is 9.93. The molecule has 0 atom stereocenters. The number of carbonyl (C=O) groups is 1. The summed E-state index contributed by atoms with van der Waals surface area (Å²) in [5.74, 6) is 1.56. The van der Waals surface area contributed by atoms with Crippen molar-refractivity contribution >= 4 is 17.7 Å². The third-order valence-electron chi connectivity index (χ3n) is 4.81. The van der Waals surface area contributed by atoms with E-state index in [1.54, 1.807) is 43.2 Å². The van der Waals surface area contributed by atoms with E-state index in [-0.39, 0.29) is 5.91 Å². The molecule has 1 amide bonds. The predicted octanol–water partition coefficient (Wildman–Crippen LogP) is 4.38. The van der Waals surface area contributed by atoms with Crippen LogP contribution in [0.25, 0.3) is 11.4 Å². The Hall–Kier alpha value is -3.45. The van der Waals surface area contributed by atoms with Crippen LogP contribution in [0, 0.1) is 0 Å². The fourth-order valence-electron chi connectivity index (χ4n) is 3.17. The lowest BCUT2D eigenvalue weighted by Crippen LogP contribution is -2.21. The Morgan fingerprint density at radius 1 is 0.903 bits per heavy atom. The largest absolute Gasteiger partial charge is 0.345 e. The van der Waals surface area contributed by atoms with Gasteiger partial charge in [0.1, 0.15) is 0 Å². The zero-order valence-electron chi connectivity index (χ0n) is 17.5. The maximum atomic E-state index is 12.1. The van der Waals surface area contributed by atoms with Crippen LogP contribution in [0.4, 0.5) is 0 Å². The molecule has 2 heterocycles. The number of rotatable bonds is 7. The Balaban J connectivity index is 1.56. The standard InChI is InChI=1S/C24H23N5OS/c1-28(2)23(30)21-10-8-19(9-11-21)17-31-24-27-26-22(20-12-14-25-15-13-20)29(24)16-18-6-4-3-5-7-18/h3-15H,16-17H2,1-2H3. The Labute approximate surface area is 186 Å². The summed E-state index contributed by atoms with van der Waals surface area (Å²) < 4.78 is 2.14. The molecule has 7 heteroatoms. The first kappa shape index (κ1) is 20.8. The van der Waals surface area contributed by atoms with E-state index in [0.717, 1.165) is 27.9 Å². The zero-order chi connectivity index (χ0) is 21.6. The molecule has 0 fully saturated rings. The zero-order valence-corrected chi connectivity index (χ0v) is 18.3. The number of nitrogens with zero attached hydrogens (tertiary/aromatic N) is 5. The molecule has 31 heavy (non-hydrogen) atoms. The minimum absolute atomic E-state index is 0.00352. The summed E-state index contributed by atoms with van der Waals surface area (Å²) in [5.41, 5.74) is 3.98. The van der Waals surface area contributed by atoms with Gasteiger partial charge >= 0.3 is 0 Å². The summed E-state index contributed by atoms with van der Waals surface area (Å²) in [5, 5.41) is 9.78. The van der Waals surface area contributed by atoms with Gasteiger partial charge in [-0.15, -0.1) is 10.2 Å². The van der Waals surface area contributed by atoms with Gasteiger partial charge in [0.15, 0.2) is 11.0 Å². The number of hydrogen-bond acceptors (Lipinski definition) is 5. The molecular weight excluding hydrogens is 406 g/mol. The highest BCUT2D eigenvalue weighted by molar-refractivity contribution is 7.98. The highest BCUT2D eigenvalue weighted by Gasteiger charge is 2.15. The van der Waals surface area contributed by atoms with Gasteiger partial charge in [-0.25, -0.2) is 0 Å². The molecule has 2 aromatic carbocycles. The third-order valence-corrected chi connectivity index (χ3v) is 5.85. The summed E-state index contributed by atoms with van der Waals surface area (Å²) in [6.07, 6.45) is 3.53. The predicted molar refractivity (Wildman–Crippen MR) is 123 cm³/mol. The van der Waals surface area contributed by atoms with Gasteiger partial charge in [-0.05, 0) is 35.4 Å². The van der Waals surface area contributed by atoms with Crippen molar-refractivity contribution in [3.63, 3.8) is 0 Å². The van der Waals surface area contributed by atoms with E-state index in [9.17, 15) is 4.79 Å². The second-order valence-corrected chi connectivity index (χ2v) is 8.24. The second kappa shape index (κ2) is 9.57. The lowest BCUT2D eigenvalue weighted by Gasteiger charge is -2.11. The maximum Gasteiger partial charge on any atom is 0.253 e. The summed E-state index contributed by atoms with van der Waals surface area (Å²) in [4.78, 5) is 17.8. The van der Waals surface area contributed by atoms with Gasteiger partial charge in [-0.2, -0.15) is 0 Å². The molecule has 4 rings (SSSR count). The molecule has 0 aliphatic carbocycles. The molecule has 0 radical (unpaired) electrons. The average molecular weight is 430 g/mol. The molecule has 0 saturated carbocycles. The van der Waals surface area contributed by atoms with Crippen LogP contribution >= 0.6 is 11.8 Å². The van der Waals surface area contributed by atoms with E-state index in [1.165, 1.54) is 5.56 Å². The van der Waals surface area contributed by atoms with Gasteiger partial charge in [0.25, 0.3) is 5.91 Å². The first-order valence-corrected chi connectivity index (χ1v) is 10.9. The van der Waals surface area contributed by atoms with E-state index in [2.05, 4.69) is 31.9 Å². The van der Waals surface area contributed by atoms with Crippen molar-refractivity contribution in [2.24, 2.45) is 0 Å². The Kier molecular flexibility index (Phi) is 6.43. The van der Waals surface area contributed by atoms with Crippen molar-refractivity contribution in [1.29, 1.82) is 0 Å². The van der Waals surface area contributed by atoms with Crippen LogP contribution in [0.3, 0.4) is 0 Å². The molecular formula is C24H23N5OS. The normalized spacial score (nSPS) is 10.8. The van der Waals surface area contributed by atoms with Crippen LogP contribution in [0.2, 0.25) is 0 Å². The minimum Gasteiger partial charge on any atom is -0.345 e. The Bertz CT molecular complexity index is 1140. The number of pyridine rings is 1. The first-order chi connectivity index (χ1) is 15.1. The SMILES string of the molecule is CN(C)C(=O)c1ccc(CSc2nnc(-c3ccncc3)n2Cc2ccccc2)cc1. The molecule has 0 unspecified atom stereocenters. The van der Waals surface area contributed by atoms with Gasteiger partial charge in [-0.3, -0.25) is 14.3 Å². The van der Waals surface area contributed by atoms with Crippen molar-refractivity contribution < 1.29 is 4.79 Å². The van der Waals surface area contributed by atoms with Gasteiger partial charge in [-0.1, -0.05) is 54.2 Å². The average Bonchev–Trinajstić information content (AvgIpc) is 3.21. The molecule has 0 saturated heterocycles. The summed E-state index contributed by atoms with van der Waals surface area (Å²) in [6.45, 7) is 0.685. The minimum atomic E-state index is 0.00352. The van der Waals surface area contributed by atoms with Crippen LogP contribution in [-0.2, 0) is 12.3 Å². The smallest absolute Gasteiger partial charge is 0.253 e. The van der Waals surface area contributed by atoms with Crippen molar-refractivity contribution in [2.75, 3.05) is 14.1 Å². The molecule has 2 aromatic heterocycles. The number of hydrogen-bond donors (Lipinski definition) is 0. The monoisotopic (exact) mass is 429 g/mol. The molecule has 0 N–H and O–H groups in total. The van der Waals surface area contributed by atoms with E-state index < -0.39 is 0 Å². The fraction of sp³-hybridized carbons (Fsp3) is 0.167. The Morgan fingerprint density at radius 2 is 1.61 bits per heavy atom. The summed E-state index contributed by atoms with van der Waals surface area (Å²) in [7, 11) is 3.51. The van der Waals surface area contributed by atoms with Crippen LogP contribution in [0.15, 0.2) is 84.3 Å². The van der Waals surface area contributed by atoms with Gasteiger partial charge < -0.3 is 4.90 Å².